The first-order valence-electron chi connectivity index (χ1n) is 6.07. The quantitative estimate of drug-likeness (QED) is 0.625. The number of pyridine rings is 1. The van der Waals surface area contributed by atoms with Crippen LogP contribution in [-0.4, -0.2) is 12.1 Å². The average molecular weight is 349 g/mol. The molecule has 0 amide bonds. The molecule has 100 valence electrons. The summed E-state index contributed by atoms with van der Waals surface area (Å²) in [4.78, 5) is 4.66. The Morgan fingerprint density at radius 1 is 1.05 bits per heavy atom. The van der Waals surface area contributed by atoms with Crippen molar-refractivity contribution in [3.8, 4) is 17.0 Å². The Morgan fingerprint density at radius 2 is 1.80 bits per heavy atom. The molecular formula is C16H11BrClNO. The van der Waals surface area contributed by atoms with Gasteiger partial charge in [-0.3, -0.25) is 0 Å². The van der Waals surface area contributed by atoms with Crippen LogP contribution in [0.4, 0.5) is 0 Å². The number of rotatable bonds is 2. The molecule has 0 spiro atoms. The Hall–Kier alpha value is -1.58. The Labute approximate surface area is 130 Å². The first kappa shape index (κ1) is 13.4. The highest BCUT2D eigenvalue weighted by molar-refractivity contribution is 9.10. The van der Waals surface area contributed by atoms with Crippen molar-refractivity contribution in [3.05, 3.63) is 58.0 Å². The zero-order valence-electron chi connectivity index (χ0n) is 10.7. The predicted octanol–water partition coefficient (Wildman–Crippen LogP) is 5.33. The van der Waals surface area contributed by atoms with Gasteiger partial charge in [0.1, 0.15) is 5.75 Å². The van der Waals surface area contributed by atoms with Crippen molar-refractivity contribution in [1.29, 1.82) is 0 Å². The second kappa shape index (κ2) is 5.43. The van der Waals surface area contributed by atoms with E-state index in [0.717, 1.165) is 32.4 Å². The van der Waals surface area contributed by atoms with E-state index in [-0.39, 0.29) is 0 Å². The van der Waals surface area contributed by atoms with E-state index in [0.29, 0.717) is 5.02 Å². The van der Waals surface area contributed by atoms with Gasteiger partial charge in [-0.05, 0) is 30.3 Å². The van der Waals surface area contributed by atoms with Crippen LogP contribution in [-0.2, 0) is 0 Å². The molecular weight excluding hydrogens is 338 g/mol. The van der Waals surface area contributed by atoms with Crippen molar-refractivity contribution in [2.24, 2.45) is 0 Å². The van der Waals surface area contributed by atoms with E-state index < -0.39 is 0 Å². The van der Waals surface area contributed by atoms with Crippen molar-refractivity contribution in [2.45, 2.75) is 0 Å². The molecule has 1 heterocycles. The third-order valence-electron chi connectivity index (χ3n) is 3.11. The van der Waals surface area contributed by atoms with E-state index in [9.17, 15) is 0 Å². The van der Waals surface area contributed by atoms with E-state index >= 15 is 0 Å². The number of hydrogen-bond donors (Lipinski definition) is 0. The van der Waals surface area contributed by atoms with Crippen molar-refractivity contribution < 1.29 is 4.74 Å². The normalized spacial score (nSPS) is 10.8. The number of aromatic nitrogens is 1. The Bertz CT molecular complexity index is 771. The van der Waals surface area contributed by atoms with Crippen LogP contribution in [0.1, 0.15) is 0 Å². The lowest BCUT2D eigenvalue weighted by molar-refractivity contribution is 0.415. The van der Waals surface area contributed by atoms with E-state index in [1.807, 2.05) is 48.5 Å². The molecule has 0 aliphatic carbocycles. The van der Waals surface area contributed by atoms with E-state index in [1.165, 1.54) is 0 Å². The van der Waals surface area contributed by atoms with Gasteiger partial charge >= 0.3 is 0 Å². The molecule has 2 nitrogen and oxygen atoms in total. The summed E-state index contributed by atoms with van der Waals surface area (Å²) >= 11 is 9.78. The molecule has 0 fully saturated rings. The van der Waals surface area contributed by atoms with Gasteiger partial charge in [0.25, 0.3) is 0 Å². The van der Waals surface area contributed by atoms with Crippen molar-refractivity contribution in [3.63, 3.8) is 0 Å². The number of ether oxygens (including phenoxy) is 1. The van der Waals surface area contributed by atoms with Gasteiger partial charge in [0.05, 0.1) is 23.3 Å². The summed E-state index contributed by atoms with van der Waals surface area (Å²) in [6, 6.07) is 15.6. The minimum Gasteiger partial charge on any atom is -0.497 e. The van der Waals surface area contributed by atoms with Gasteiger partial charge < -0.3 is 4.74 Å². The van der Waals surface area contributed by atoms with Crippen LogP contribution in [0.25, 0.3) is 22.2 Å². The minimum absolute atomic E-state index is 0.690. The molecule has 1 aromatic heterocycles. The minimum atomic E-state index is 0.690. The average Bonchev–Trinajstić information content (AvgIpc) is 2.47. The van der Waals surface area contributed by atoms with Crippen molar-refractivity contribution in [1.82, 2.24) is 4.98 Å². The molecule has 0 N–H and O–H groups in total. The third kappa shape index (κ3) is 2.51. The predicted molar refractivity (Wildman–Crippen MR) is 86.4 cm³/mol. The highest BCUT2D eigenvalue weighted by Gasteiger charge is 2.07. The number of fused-ring (bicyclic) bond motifs is 1. The van der Waals surface area contributed by atoms with Crippen LogP contribution in [0.2, 0.25) is 5.02 Å². The van der Waals surface area contributed by atoms with Crippen LogP contribution in [0, 0.1) is 0 Å². The maximum Gasteiger partial charge on any atom is 0.121 e. The smallest absolute Gasteiger partial charge is 0.121 e. The van der Waals surface area contributed by atoms with Crippen LogP contribution in [0.15, 0.2) is 53.0 Å². The first-order valence-corrected chi connectivity index (χ1v) is 7.25. The maximum absolute atomic E-state index is 6.35. The fraction of sp³-hybridized carbons (Fsp3) is 0.0625. The molecule has 3 rings (SSSR count). The molecule has 20 heavy (non-hydrogen) atoms. The summed E-state index contributed by atoms with van der Waals surface area (Å²) in [6.45, 7) is 0. The topological polar surface area (TPSA) is 22.1 Å². The Morgan fingerprint density at radius 3 is 2.50 bits per heavy atom. The fourth-order valence-electron chi connectivity index (χ4n) is 2.06. The van der Waals surface area contributed by atoms with E-state index in [2.05, 4.69) is 20.9 Å². The number of benzene rings is 2. The number of hydrogen-bond acceptors (Lipinski definition) is 2. The van der Waals surface area contributed by atoms with Gasteiger partial charge in [0, 0.05) is 21.5 Å². The second-order valence-electron chi connectivity index (χ2n) is 4.38. The summed E-state index contributed by atoms with van der Waals surface area (Å²) < 4.78 is 6.27. The zero-order chi connectivity index (χ0) is 14.1. The van der Waals surface area contributed by atoms with Crippen LogP contribution < -0.4 is 4.74 Å². The number of halogens is 2. The molecule has 0 saturated carbocycles. The van der Waals surface area contributed by atoms with Gasteiger partial charge in [-0.15, -0.1) is 0 Å². The maximum atomic E-state index is 6.35. The van der Waals surface area contributed by atoms with Crippen molar-refractivity contribution >= 4 is 38.4 Å². The molecule has 0 atom stereocenters. The molecule has 0 aliphatic heterocycles. The standard InChI is InChI=1S/C16H11BrClNO/c1-20-12-6-7-13-14(18)9-15(19-16(13)8-12)10-2-4-11(17)5-3-10/h2-9H,1H3. The lowest BCUT2D eigenvalue weighted by Crippen LogP contribution is -1.88. The van der Waals surface area contributed by atoms with Gasteiger partial charge in [-0.1, -0.05) is 39.7 Å². The fourth-order valence-corrected chi connectivity index (χ4v) is 2.59. The molecule has 0 unspecified atom stereocenters. The van der Waals surface area contributed by atoms with Crippen LogP contribution in [0.3, 0.4) is 0 Å². The summed E-state index contributed by atoms with van der Waals surface area (Å²) in [5.41, 5.74) is 2.71. The van der Waals surface area contributed by atoms with Crippen molar-refractivity contribution in [2.75, 3.05) is 7.11 Å². The summed E-state index contributed by atoms with van der Waals surface area (Å²) in [7, 11) is 1.64. The van der Waals surface area contributed by atoms with E-state index in [1.54, 1.807) is 7.11 Å². The SMILES string of the molecule is COc1ccc2c(Cl)cc(-c3ccc(Br)cc3)nc2c1. The highest BCUT2D eigenvalue weighted by atomic mass is 79.9. The molecule has 0 radical (unpaired) electrons. The van der Waals surface area contributed by atoms with Crippen LogP contribution in [0.5, 0.6) is 5.75 Å². The lowest BCUT2D eigenvalue weighted by atomic mass is 10.1. The molecule has 3 aromatic rings. The second-order valence-corrected chi connectivity index (χ2v) is 5.70. The summed E-state index contributed by atoms with van der Waals surface area (Å²) in [5, 5.41) is 1.61. The molecule has 0 bridgehead atoms. The largest absolute Gasteiger partial charge is 0.497 e. The third-order valence-corrected chi connectivity index (χ3v) is 3.95. The Balaban J connectivity index is 2.19. The zero-order valence-corrected chi connectivity index (χ0v) is 13.1. The molecule has 0 saturated heterocycles. The number of methoxy groups -OCH3 is 1. The van der Waals surface area contributed by atoms with Gasteiger partial charge in [0.15, 0.2) is 0 Å². The number of nitrogens with zero attached hydrogens (tertiary/aromatic N) is 1. The first-order chi connectivity index (χ1) is 9.67. The van der Waals surface area contributed by atoms with Gasteiger partial charge in [-0.25, -0.2) is 4.98 Å². The van der Waals surface area contributed by atoms with E-state index in [4.69, 9.17) is 16.3 Å². The lowest BCUT2D eigenvalue weighted by Gasteiger charge is -2.07. The summed E-state index contributed by atoms with van der Waals surface area (Å²) in [5.74, 6) is 0.772. The van der Waals surface area contributed by atoms with Crippen LogP contribution >= 0.6 is 27.5 Å². The molecule has 2 aromatic carbocycles. The summed E-state index contributed by atoms with van der Waals surface area (Å²) in [6.07, 6.45) is 0. The highest BCUT2D eigenvalue weighted by Crippen LogP contribution is 2.30. The molecule has 0 aliphatic rings. The van der Waals surface area contributed by atoms with Gasteiger partial charge in [0.2, 0.25) is 0 Å². The monoisotopic (exact) mass is 347 g/mol. The van der Waals surface area contributed by atoms with Gasteiger partial charge in [-0.2, -0.15) is 0 Å². The molecule has 4 heteroatoms. The Kier molecular flexibility index (Phi) is 3.64.